The summed E-state index contributed by atoms with van der Waals surface area (Å²) in [6.45, 7) is 2.62. The quantitative estimate of drug-likeness (QED) is 0.731. The standard InChI is InChI=1S/C17H17FN4S/c1-11-8-14-17(20-10-11)22(7-6-15(19)23)16(21-14)9-12-2-4-13(18)5-3-12/h2-5,8,10H,6-7,9H2,1H3,(H2,19,23). The number of nitrogens with zero attached hydrogens (tertiary/aromatic N) is 3. The second-order valence-electron chi connectivity index (χ2n) is 5.55. The van der Waals surface area contributed by atoms with Crippen LogP contribution in [-0.2, 0) is 13.0 Å². The van der Waals surface area contributed by atoms with Crippen molar-refractivity contribution in [2.24, 2.45) is 5.73 Å². The lowest BCUT2D eigenvalue weighted by atomic mass is 10.1. The van der Waals surface area contributed by atoms with Gasteiger partial charge in [0, 0.05) is 25.6 Å². The number of fused-ring (bicyclic) bond motifs is 1. The minimum Gasteiger partial charge on any atom is -0.393 e. The summed E-state index contributed by atoms with van der Waals surface area (Å²) < 4.78 is 15.1. The van der Waals surface area contributed by atoms with Crippen LogP contribution in [0.1, 0.15) is 23.4 Å². The number of nitrogens with two attached hydrogens (primary N) is 1. The molecule has 0 saturated heterocycles. The number of aromatic nitrogens is 3. The lowest BCUT2D eigenvalue weighted by Gasteiger charge is -2.08. The van der Waals surface area contributed by atoms with Crippen LogP contribution in [0.25, 0.3) is 11.2 Å². The summed E-state index contributed by atoms with van der Waals surface area (Å²) in [7, 11) is 0. The molecule has 3 rings (SSSR count). The Bertz CT molecular complexity index is 855. The van der Waals surface area contributed by atoms with Crippen molar-refractivity contribution in [2.75, 3.05) is 0 Å². The van der Waals surface area contributed by atoms with Gasteiger partial charge < -0.3 is 10.3 Å². The van der Waals surface area contributed by atoms with Crippen molar-refractivity contribution in [1.82, 2.24) is 14.5 Å². The molecule has 4 nitrogen and oxygen atoms in total. The van der Waals surface area contributed by atoms with E-state index in [-0.39, 0.29) is 5.82 Å². The SMILES string of the molecule is Cc1cnc2c(c1)nc(Cc1ccc(F)cc1)n2CCC(N)=S. The fraction of sp³-hybridized carbons (Fsp3) is 0.235. The molecule has 0 aliphatic rings. The smallest absolute Gasteiger partial charge is 0.160 e. The highest BCUT2D eigenvalue weighted by Gasteiger charge is 2.13. The van der Waals surface area contributed by atoms with E-state index >= 15 is 0 Å². The number of aryl methyl sites for hydroxylation is 2. The molecule has 0 spiro atoms. The van der Waals surface area contributed by atoms with Gasteiger partial charge >= 0.3 is 0 Å². The predicted molar refractivity (Wildman–Crippen MR) is 92.9 cm³/mol. The van der Waals surface area contributed by atoms with Crippen LogP contribution in [0.15, 0.2) is 36.5 Å². The van der Waals surface area contributed by atoms with Gasteiger partial charge in [0.15, 0.2) is 5.65 Å². The number of thiocarbonyl (C=S) groups is 1. The van der Waals surface area contributed by atoms with Crippen LogP contribution < -0.4 is 5.73 Å². The summed E-state index contributed by atoms with van der Waals surface area (Å²) in [6, 6.07) is 8.46. The Morgan fingerprint density at radius 2 is 2.04 bits per heavy atom. The van der Waals surface area contributed by atoms with Gasteiger partial charge in [-0.3, -0.25) is 0 Å². The largest absolute Gasteiger partial charge is 0.393 e. The maximum absolute atomic E-state index is 13.1. The molecular weight excluding hydrogens is 311 g/mol. The molecule has 0 aliphatic carbocycles. The van der Waals surface area contributed by atoms with Gasteiger partial charge in [-0.05, 0) is 36.2 Å². The van der Waals surface area contributed by atoms with Gasteiger partial charge in [0.1, 0.15) is 17.2 Å². The molecule has 0 amide bonds. The normalized spacial score (nSPS) is 11.0. The Morgan fingerprint density at radius 3 is 2.74 bits per heavy atom. The van der Waals surface area contributed by atoms with E-state index in [1.54, 1.807) is 12.1 Å². The topological polar surface area (TPSA) is 56.7 Å². The van der Waals surface area contributed by atoms with Gasteiger partial charge in [-0.15, -0.1) is 0 Å². The van der Waals surface area contributed by atoms with E-state index in [9.17, 15) is 4.39 Å². The zero-order chi connectivity index (χ0) is 16.4. The molecule has 3 aromatic rings. The zero-order valence-electron chi connectivity index (χ0n) is 12.8. The van der Waals surface area contributed by atoms with Crippen molar-refractivity contribution in [2.45, 2.75) is 26.3 Å². The van der Waals surface area contributed by atoms with E-state index in [4.69, 9.17) is 22.9 Å². The summed E-state index contributed by atoms with van der Waals surface area (Å²) in [5, 5.41) is 0. The van der Waals surface area contributed by atoms with Crippen molar-refractivity contribution in [3.8, 4) is 0 Å². The van der Waals surface area contributed by atoms with Crippen molar-refractivity contribution >= 4 is 28.4 Å². The Morgan fingerprint density at radius 1 is 1.30 bits per heavy atom. The van der Waals surface area contributed by atoms with E-state index in [1.165, 1.54) is 12.1 Å². The first kappa shape index (κ1) is 15.6. The second-order valence-corrected chi connectivity index (χ2v) is 6.08. The molecule has 2 aromatic heterocycles. The summed E-state index contributed by atoms with van der Waals surface area (Å²) in [5.41, 5.74) is 9.36. The number of rotatable bonds is 5. The van der Waals surface area contributed by atoms with Gasteiger partial charge in [-0.25, -0.2) is 14.4 Å². The fourth-order valence-corrected chi connectivity index (χ4v) is 2.63. The molecule has 0 unspecified atom stereocenters. The first-order valence-corrected chi connectivity index (χ1v) is 7.78. The second kappa shape index (κ2) is 6.42. The first-order valence-electron chi connectivity index (χ1n) is 7.37. The minimum atomic E-state index is -0.243. The summed E-state index contributed by atoms with van der Waals surface area (Å²) in [6.07, 6.45) is 3.02. The van der Waals surface area contributed by atoms with Gasteiger partial charge in [-0.2, -0.15) is 0 Å². The number of pyridine rings is 1. The summed E-state index contributed by atoms with van der Waals surface area (Å²) in [5.74, 6) is 0.633. The maximum atomic E-state index is 13.1. The number of halogens is 1. The highest BCUT2D eigenvalue weighted by atomic mass is 32.1. The Labute approximate surface area is 139 Å². The third kappa shape index (κ3) is 3.53. The average molecular weight is 328 g/mol. The molecule has 0 aliphatic heterocycles. The summed E-state index contributed by atoms with van der Waals surface area (Å²) >= 11 is 4.98. The monoisotopic (exact) mass is 328 g/mol. The first-order chi connectivity index (χ1) is 11.0. The number of hydrogen-bond acceptors (Lipinski definition) is 3. The minimum absolute atomic E-state index is 0.243. The molecule has 2 N–H and O–H groups in total. The van der Waals surface area contributed by atoms with Crippen LogP contribution >= 0.6 is 12.2 Å². The molecule has 0 atom stereocenters. The van der Waals surface area contributed by atoms with Crippen LogP contribution in [-0.4, -0.2) is 19.5 Å². The maximum Gasteiger partial charge on any atom is 0.160 e. The van der Waals surface area contributed by atoms with Crippen molar-refractivity contribution in [1.29, 1.82) is 0 Å². The third-order valence-electron chi connectivity index (χ3n) is 3.66. The number of imidazole rings is 1. The van der Waals surface area contributed by atoms with Gasteiger partial charge in [0.05, 0.1) is 4.99 Å². The highest BCUT2D eigenvalue weighted by Crippen LogP contribution is 2.19. The van der Waals surface area contributed by atoms with Crippen molar-refractivity contribution in [3.05, 3.63) is 59.3 Å². The Hall–Kier alpha value is -2.34. The Kier molecular flexibility index (Phi) is 4.34. The molecule has 118 valence electrons. The summed E-state index contributed by atoms with van der Waals surface area (Å²) in [4.78, 5) is 9.65. The molecule has 0 bridgehead atoms. The van der Waals surface area contributed by atoms with E-state index < -0.39 is 0 Å². The van der Waals surface area contributed by atoms with Crippen LogP contribution in [0.5, 0.6) is 0 Å². The Balaban J connectivity index is 2.01. The number of benzene rings is 1. The van der Waals surface area contributed by atoms with Gasteiger partial charge in [0.25, 0.3) is 0 Å². The third-order valence-corrected chi connectivity index (χ3v) is 3.86. The molecule has 2 heterocycles. The highest BCUT2D eigenvalue weighted by molar-refractivity contribution is 7.80. The lowest BCUT2D eigenvalue weighted by Crippen LogP contribution is -2.14. The lowest BCUT2D eigenvalue weighted by molar-refractivity contribution is 0.626. The molecule has 1 aromatic carbocycles. The van der Waals surface area contributed by atoms with Crippen LogP contribution in [0.4, 0.5) is 4.39 Å². The van der Waals surface area contributed by atoms with E-state index in [0.29, 0.717) is 24.4 Å². The molecule has 23 heavy (non-hydrogen) atoms. The van der Waals surface area contributed by atoms with Crippen molar-refractivity contribution in [3.63, 3.8) is 0 Å². The van der Waals surface area contributed by atoms with Crippen LogP contribution in [0.2, 0.25) is 0 Å². The zero-order valence-corrected chi connectivity index (χ0v) is 13.6. The van der Waals surface area contributed by atoms with Gasteiger partial charge in [-0.1, -0.05) is 24.4 Å². The molecule has 0 saturated carbocycles. The van der Waals surface area contributed by atoms with E-state index in [1.807, 2.05) is 23.8 Å². The molecule has 6 heteroatoms. The van der Waals surface area contributed by atoms with Crippen LogP contribution in [0, 0.1) is 12.7 Å². The molecular formula is C17H17FN4S. The molecule has 0 radical (unpaired) electrons. The van der Waals surface area contributed by atoms with Gasteiger partial charge in [0.2, 0.25) is 0 Å². The fourth-order valence-electron chi connectivity index (χ4n) is 2.54. The van der Waals surface area contributed by atoms with Crippen molar-refractivity contribution < 1.29 is 4.39 Å². The average Bonchev–Trinajstić information content (AvgIpc) is 2.83. The van der Waals surface area contributed by atoms with E-state index in [0.717, 1.165) is 28.1 Å². The van der Waals surface area contributed by atoms with Crippen LogP contribution in [0.3, 0.4) is 0 Å². The van der Waals surface area contributed by atoms with E-state index in [2.05, 4.69) is 4.98 Å². The number of hydrogen-bond donors (Lipinski definition) is 1. The molecule has 0 fully saturated rings. The predicted octanol–water partition coefficient (Wildman–Crippen LogP) is 3.15.